The number of carbonyl (C=O) groups excluding carboxylic acids is 1. The molecule has 2 rings (SSSR count). The van der Waals surface area contributed by atoms with Crippen molar-refractivity contribution in [1.29, 1.82) is 0 Å². The van der Waals surface area contributed by atoms with Crippen LogP contribution in [0.5, 0.6) is 0 Å². The summed E-state index contributed by atoms with van der Waals surface area (Å²) in [4.78, 5) is 14.2. The Bertz CT molecular complexity index is 296. The van der Waals surface area contributed by atoms with Gasteiger partial charge in [-0.25, -0.2) is 0 Å². The second kappa shape index (κ2) is 6.71. The first kappa shape index (κ1) is 14.8. The number of nitrogens with zero attached hydrogens (tertiary/aromatic N) is 1. The maximum atomic E-state index is 12.3. The second-order valence-corrected chi connectivity index (χ2v) is 6.36. The van der Waals surface area contributed by atoms with Crippen molar-refractivity contribution in [1.82, 2.24) is 10.2 Å². The van der Waals surface area contributed by atoms with Gasteiger partial charge < -0.3 is 16.0 Å². The molecule has 2 fully saturated rings. The van der Waals surface area contributed by atoms with Gasteiger partial charge >= 0.3 is 0 Å². The number of carbonyl (C=O) groups is 1. The smallest absolute Gasteiger partial charge is 0.239 e. The Labute approximate surface area is 117 Å². The molecule has 0 radical (unpaired) electrons. The first-order chi connectivity index (χ1) is 9.11. The number of nitrogens with one attached hydrogen (secondary N) is 1. The minimum absolute atomic E-state index is 0.148. The fourth-order valence-electron chi connectivity index (χ4n) is 2.67. The molecular formula is C15H29N3O. The van der Waals surface area contributed by atoms with Crippen molar-refractivity contribution < 1.29 is 4.79 Å². The van der Waals surface area contributed by atoms with Crippen LogP contribution in [0.15, 0.2) is 0 Å². The van der Waals surface area contributed by atoms with Gasteiger partial charge in [0, 0.05) is 19.1 Å². The van der Waals surface area contributed by atoms with Crippen LogP contribution in [0.3, 0.4) is 0 Å². The number of amides is 1. The lowest BCUT2D eigenvalue weighted by Gasteiger charge is -2.35. The highest BCUT2D eigenvalue weighted by atomic mass is 16.2. The highest BCUT2D eigenvalue weighted by Crippen LogP contribution is 2.28. The van der Waals surface area contributed by atoms with Crippen LogP contribution in [0.2, 0.25) is 0 Å². The molecule has 0 spiro atoms. The zero-order valence-corrected chi connectivity index (χ0v) is 12.4. The molecule has 4 heteroatoms. The van der Waals surface area contributed by atoms with E-state index < -0.39 is 0 Å². The molecule has 1 heterocycles. The van der Waals surface area contributed by atoms with Gasteiger partial charge in [0.2, 0.25) is 5.91 Å². The summed E-state index contributed by atoms with van der Waals surface area (Å²) in [6.07, 6.45) is 5.91. The molecule has 1 saturated heterocycles. The standard InChI is InChI=1S/C15H29N3O/c1-3-11(2)14(16)15(19)18-8-6-13(7-9-18)17-10-12-4-5-12/h11-14,17H,3-10,16H2,1-2H3. The third-order valence-corrected chi connectivity index (χ3v) is 4.74. The van der Waals surface area contributed by atoms with Gasteiger partial charge in [0.05, 0.1) is 6.04 Å². The lowest BCUT2D eigenvalue weighted by molar-refractivity contribution is -0.134. The summed E-state index contributed by atoms with van der Waals surface area (Å²) < 4.78 is 0. The molecule has 1 aliphatic heterocycles. The van der Waals surface area contributed by atoms with Crippen molar-refractivity contribution >= 4 is 5.91 Å². The van der Waals surface area contributed by atoms with Gasteiger partial charge in [-0.05, 0) is 44.1 Å². The summed E-state index contributed by atoms with van der Waals surface area (Å²) in [7, 11) is 0. The minimum Gasteiger partial charge on any atom is -0.341 e. The second-order valence-electron chi connectivity index (χ2n) is 6.36. The van der Waals surface area contributed by atoms with E-state index in [2.05, 4.69) is 19.2 Å². The Hall–Kier alpha value is -0.610. The third kappa shape index (κ3) is 4.18. The summed E-state index contributed by atoms with van der Waals surface area (Å²) in [5.74, 6) is 1.35. The highest BCUT2D eigenvalue weighted by Gasteiger charge is 2.29. The van der Waals surface area contributed by atoms with E-state index in [9.17, 15) is 4.79 Å². The summed E-state index contributed by atoms with van der Waals surface area (Å²) in [6.45, 7) is 7.06. The van der Waals surface area contributed by atoms with E-state index in [0.717, 1.165) is 38.3 Å². The van der Waals surface area contributed by atoms with E-state index in [1.165, 1.54) is 19.4 Å². The first-order valence-corrected chi connectivity index (χ1v) is 7.89. The van der Waals surface area contributed by atoms with Crippen molar-refractivity contribution in [3.05, 3.63) is 0 Å². The van der Waals surface area contributed by atoms with E-state index in [-0.39, 0.29) is 17.9 Å². The Morgan fingerprint density at radius 1 is 1.32 bits per heavy atom. The van der Waals surface area contributed by atoms with Crippen LogP contribution >= 0.6 is 0 Å². The van der Waals surface area contributed by atoms with Crippen molar-refractivity contribution in [3.8, 4) is 0 Å². The third-order valence-electron chi connectivity index (χ3n) is 4.74. The van der Waals surface area contributed by atoms with Crippen molar-refractivity contribution in [2.45, 2.75) is 58.0 Å². The topological polar surface area (TPSA) is 58.4 Å². The zero-order chi connectivity index (χ0) is 13.8. The largest absolute Gasteiger partial charge is 0.341 e. The van der Waals surface area contributed by atoms with E-state index in [1.807, 2.05) is 4.90 Å². The van der Waals surface area contributed by atoms with E-state index in [1.54, 1.807) is 0 Å². The number of nitrogens with two attached hydrogens (primary N) is 1. The molecule has 110 valence electrons. The fourth-order valence-corrected chi connectivity index (χ4v) is 2.67. The molecule has 0 bridgehead atoms. The fraction of sp³-hybridized carbons (Fsp3) is 0.933. The maximum absolute atomic E-state index is 12.3. The molecule has 1 aliphatic carbocycles. The van der Waals surface area contributed by atoms with Crippen LogP contribution in [0.1, 0.15) is 46.0 Å². The van der Waals surface area contributed by atoms with Gasteiger partial charge in [0.15, 0.2) is 0 Å². The Morgan fingerprint density at radius 2 is 1.95 bits per heavy atom. The number of rotatable bonds is 6. The number of hydrogen-bond acceptors (Lipinski definition) is 3. The van der Waals surface area contributed by atoms with Gasteiger partial charge in [-0.2, -0.15) is 0 Å². The number of hydrogen-bond donors (Lipinski definition) is 2. The van der Waals surface area contributed by atoms with Crippen LogP contribution in [0.25, 0.3) is 0 Å². The highest BCUT2D eigenvalue weighted by molar-refractivity contribution is 5.82. The normalized spacial score (nSPS) is 24.3. The SMILES string of the molecule is CCC(C)C(N)C(=O)N1CCC(NCC2CC2)CC1. The molecular weight excluding hydrogens is 238 g/mol. The number of piperidine rings is 1. The van der Waals surface area contributed by atoms with Crippen LogP contribution in [0, 0.1) is 11.8 Å². The summed E-state index contributed by atoms with van der Waals surface area (Å²) in [6, 6.07) is 0.283. The number of likely N-dealkylation sites (tertiary alicyclic amines) is 1. The van der Waals surface area contributed by atoms with E-state index in [0.29, 0.717) is 6.04 Å². The molecule has 4 nitrogen and oxygen atoms in total. The Kier molecular flexibility index (Phi) is 5.22. The van der Waals surface area contributed by atoms with Crippen molar-refractivity contribution in [3.63, 3.8) is 0 Å². The maximum Gasteiger partial charge on any atom is 0.239 e. The lowest BCUT2D eigenvalue weighted by atomic mass is 9.97. The van der Waals surface area contributed by atoms with E-state index >= 15 is 0 Å². The van der Waals surface area contributed by atoms with Crippen molar-refractivity contribution in [2.75, 3.05) is 19.6 Å². The first-order valence-electron chi connectivity index (χ1n) is 7.89. The Balaban J connectivity index is 1.70. The quantitative estimate of drug-likeness (QED) is 0.764. The average molecular weight is 267 g/mol. The molecule has 19 heavy (non-hydrogen) atoms. The van der Waals surface area contributed by atoms with Gasteiger partial charge in [-0.15, -0.1) is 0 Å². The van der Waals surface area contributed by atoms with Crippen molar-refractivity contribution in [2.24, 2.45) is 17.6 Å². The summed E-state index contributed by atoms with van der Waals surface area (Å²) in [5.41, 5.74) is 6.04. The average Bonchev–Trinajstić information content (AvgIpc) is 3.27. The molecule has 0 aromatic rings. The van der Waals surface area contributed by atoms with Gasteiger partial charge in [0.25, 0.3) is 0 Å². The van der Waals surface area contributed by atoms with E-state index in [4.69, 9.17) is 5.73 Å². The molecule has 2 atom stereocenters. The van der Waals surface area contributed by atoms with Crippen LogP contribution in [-0.4, -0.2) is 42.5 Å². The summed E-state index contributed by atoms with van der Waals surface area (Å²) >= 11 is 0. The minimum atomic E-state index is -0.319. The van der Waals surface area contributed by atoms with Gasteiger partial charge in [0.1, 0.15) is 0 Å². The molecule has 2 unspecified atom stereocenters. The molecule has 1 amide bonds. The molecule has 1 saturated carbocycles. The summed E-state index contributed by atoms with van der Waals surface area (Å²) in [5, 5.41) is 3.64. The predicted octanol–water partition coefficient (Wildman–Crippen LogP) is 1.35. The Morgan fingerprint density at radius 3 is 2.47 bits per heavy atom. The molecule has 0 aromatic carbocycles. The zero-order valence-electron chi connectivity index (χ0n) is 12.4. The lowest BCUT2D eigenvalue weighted by Crippen LogP contribution is -2.52. The van der Waals surface area contributed by atoms with Crippen LogP contribution in [0.4, 0.5) is 0 Å². The van der Waals surface area contributed by atoms with Gasteiger partial charge in [-0.1, -0.05) is 20.3 Å². The van der Waals surface area contributed by atoms with Crippen LogP contribution in [-0.2, 0) is 4.79 Å². The van der Waals surface area contributed by atoms with Gasteiger partial charge in [-0.3, -0.25) is 4.79 Å². The molecule has 3 N–H and O–H groups in total. The monoisotopic (exact) mass is 267 g/mol. The molecule has 2 aliphatic rings. The predicted molar refractivity (Wildman–Crippen MR) is 77.8 cm³/mol. The van der Waals surface area contributed by atoms with Crippen LogP contribution < -0.4 is 11.1 Å². The molecule has 0 aromatic heterocycles.